The quantitative estimate of drug-likeness (QED) is 0.524. The zero-order valence-electron chi connectivity index (χ0n) is 7.06. The third-order valence-electron chi connectivity index (χ3n) is 2.06. The highest BCUT2D eigenvalue weighted by Gasteiger charge is 2.34. The summed E-state index contributed by atoms with van der Waals surface area (Å²) in [5.41, 5.74) is 0. The van der Waals surface area contributed by atoms with E-state index in [2.05, 4.69) is 0 Å². The molecule has 1 fully saturated rings. The Morgan fingerprint density at radius 3 is 2.15 bits per heavy atom. The van der Waals surface area contributed by atoms with Crippen LogP contribution in [0.5, 0.6) is 0 Å². The minimum atomic E-state index is -1.93. The summed E-state index contributed by atoms with van der Waals surface area (Å²) in [7, 11) is 0. The van der Waals surface area contributed by atoms with E-state index in [1.807, 2.05) is 0 Å². The minimum Gasteiger partial charge on any atom is -0.459 e. The molecule has 2 nitrogen and oxygen atoms in total. The molecule has 0 aromatic rings. The molecule has 1 saturated carbocycles. The van der Waals surface area contributed by atoms with Crippen molar-refractivity contribution in [2.24, 2.45) is 0 Å². The summed E-state index contributed by atoms with van der Waals surface area (Å²) >= 11 is 16.1. The Hall–Kier alpha value is 0.340. The summed E-state index contributed by atoms with van der Waals surface area (Å²) in [6, 6.07) is 0. The molecule has 13 heavy (non-hydrogen) atoms. The minimum absolute atomic E-state index is 0.0584. The summed E-state index contributed by atoms with van der Waals surface area (Å²) in [5.74, 6) is -0.760. The lowest BCUT2D eigenvalue weighted by molar-refractivity contribution is -0.149. The highest BCUT2D eigenvalue weighted by atomic mass is 35.6. The molecule has 0 aromatic carbocycles. The number of hydrogen-bond donors (Lipinski definition) is 0. The fourth-order valence-electron chi connectivity index (χ4n) is 1.40. The molecular formula is C8H11Cl3O2. The Balaban J connectivity index is 2.35. The van der Waals surface area contributed by atoms with E-state index in [4.69, 9.17) is 39.5 Å². The summed E-state index contributed by atoms with van der Waals surface area (Å²) < 4.78 is 3.09. The van der Waals surface area contributed by atoms with Crippen LogP contribution in [0.4, 0.5) is 0 Å². The van der Waals surface area contributed by atoms with Crippen LogP contribution in [0.15, 0.2) is 0 Å². The smallest absolute Gasteiger partial charge is 0.358 e. The number of carbonyl (C=O) groups excluding carboxylic acids is 1. The van der Waals surface area contributed by atoms with E-state index in [-0.39, 0.29) is 6.10 Å². The molecule has 1 rings (SSSR count). The fourth-order valence-corrected chi connectivity index (χ4v) is 1.53. The molecule has 0 radical (unpaired) electrons. The lowest BCUT2D eigenvalue weighted by Crippen LogP contribution is -2.28. The molecule has 76 valence electrons. The van der Waals surface area contributed by atoms with Crippen molar-refractivity contribution in [3.8, 4) is 0 Å². The van der Waals surface area contributed by atoms with Crippen molar-refractivity contribution in [1.82, 2.24) is 0 Å². The first-order valence-corrected chi connectivity index (χ1v) is 5.41. The average molecular weight is 246 g/mol. The van der Waals surface area contributed by atoms with Crippen molar-refractivity contribution in [3.05, 3.63) is 0 Å². The van der Waals surface area contributed by atoms with Crippen molar-refractivity contribution in [2.45, 2.75) is 42.0 Å². The standard InChI is InChI=1S/C8H11Cl3O2/c9-8(10,11)7(12)13-6-4-2-1-3-5-6/h6H,1-5H2. The van der Waals surface area contributed by atoms with Gasteiger partial charge < -0.3 is 4.74 Å². The van der Waals surface area contributed by atoms with Crippen molar-refractivity contribution in [2.75, 3.05) is 0 Å². The van der Waals surface area contributed by atoms with Gasteiger partial charge in [0, 0.05) is 0 Å². The van der Waals surface area contributed by atoms with Crippen LogP contribution < -0.4 is 0 Å². The van der Waals surface area contributed by atoms with E-state index in [0.717, 1.165) is 25.7 Å². The van der Waals surface area contributed by atoms with Gasteiger partial charge in [-0.3, -0.25) is 0 Å². The van der Waals surface area contributed by atoms with E-state index in [0.29, 0.717) is 0 Å². The van der Waals surface area contributed by atoms with E-state index in [1.54, 1.807) is 0 Å². The summed E-state index contributed by atoms with van der Waals surface area (Å²) in [6.07, 6.45) is 5.06. The maximum absolute atomic E-state index is 11.1. The zero-order chi connectivity index (χ0) is 9.90. The third kappa shape index (κ3) is 3.92. The number of carbonyl (C=O) groups is 1. The molecular weight excluding hydrogens is 234 g/mol. The van der Waals surface area contributed by atoms with Gasteiger partial charge in [0.2, 0.25) is 0 Å². The van der Waals surface area contributed by atoms with Crippen LogP contribution in [0.1, 0.15) is 32.1 Å². The first-order valence-electron chi connectivity index (χ1n) is 4.28. The van der Waals surface area contributed by atoms with E-state index in [1.165, 1.54) is 6.42 Å². The highest BCUT2D eigenvalue weighted by molar-refractivity contribution is 6.75. The first-order chi connectivity index (χ1) is 6.00. The number of hydrogen-bond acceptors (Lipinski definition) is 2. The third-order valence-corrected chi connectivity index (χ3v) is 2.52. The first kappa shape index (κ1) is 11.4. The molecule has 1 aliphatic rings. The number of rotatable bonds is 1. The fraction of sp³-hybridized carbons (Fsp3) is 0.875. The van der Waals surface area contributed by atoms with Gasteiger partial charge in [-0.25, -0.2) is 4.79 Å². The van der Waals surface area contributed by atoms with Gasteiger partial charge in [0.1, 0.15) is 6.10 Å². The van der Waals surface area contributed by atoms with Gasteiger partial charge in [0.25, 0.3) is 3.79 Å². The number of halogens is 3. The Bertz CT molecular complexity index is 182. The van der Waals surface area contributed by atoms with Crippen molar-refractivity contribution >= 4 is 40.8 Å². The normalized spacial score (nSPS) is 19.9. The Morgan fingerprint density at radius 2 is 1.69 bits per heavy atom. The molecule has 0 heterocycles. The van der Waals surface area contributed by atoms with E-state index < -0.39 is 9.76 Å². The SMILES string of the molecule is O=C(OC1CCCCC1)C(Cl)(Cl)Cl. The van der Waals surface area contributed by atoms with Crippen molar-refractivity contribution in [1.29, 1.82) is 0 Å². The number of ether oxygens (including phenoxy) is 1. The molecule has 1 aliphatic carbocycles. The van der Waals surface area contributed by atoms with Gasteiger partial charge in [-0.1, -0.05) is 41.2 Å². The zero-order valence-corrected chi connectivity index (χ0v) is 9.33. The average Bonchev–Trinajstić information content (AvgIpc) is 2.04. The van der Waals surface area contributed by atoms with Crippen LogP contribution in [0.2, 0.25) is 0 Å². The summed E-state index contributed by atoms with van der Waals surface area (Å²) in [5, 5.41) is 0. The molecule has 0 amide bonds. The van der Waals surface area contributed by atoms with Gasteiger partial charge in [0.05, 0.1) is 0 Å². The summed E-state index contributed by atoms with van der Waals surface area (Å²) in [4.78, 5) is 11.1. The van der Waals surface area contributed by atoms with Crippen molar-refractivity contribution < 1.29 is 9.53 Å². The monoisotopic (exact) mass is 244 g/mol. The Kier molecular flexibility index (Phi) is 4.14. The van der Waals surface area contributed by atoms with Crippen LogP contribution in [0, 0.1) is 0 Å². The topological polar surface area (TPSA) is 26.3 Å². The van der Waals surface area contributed by atoms with Crippen molar-refractivity contribution in [3.63, 3.8) is 0 Å². The van der Waals surface area contributed by atoms with Gasteiger partial charge in [-0.2, -0.15) is 0 Å². The molecule has 0 spiro atoms. The largest absolute Gasteiger partial charge is 0.459 e. The second-order valence-electron chi connectivity index (χ2n) is 3.16. The van der Waals surface area contributed by atoms with Gasteiger partial charge >= 0.3 is 5.97 Å². The Morgan fingerprint density at radius 1 is 1.15 bits per heavy atom. The van der Waals surface area contributed by atoms with Crippen LogP contribution in [-0.4, -0.2) is 15.9 Å². The second kappa shape index (κ2) is 4.72. The van der Waals surface area contributed by atoms with Gasteiger partial charge in [-0.15, -0.1) is 0 Å². The maximum Gasteiger partial charge on any atom is 0.358 e. The lowest BCUT2D eigenvalue weighted by Gasteiger charge is -2.23. The molecule has 0 atom stereocenters. The predicted molar refractivity (Wildman–Crippen MR) is 53.3 cm³/mol. The highest BCUT2D eigenvalue weighted by Crippen LogP contribution is 2.30. The van der Waals surface area contributed by atoms with Crippen LogP contribution in [0.3, 0.4) is 0 Å². The predicted octanol–water partition coefficient (Wildman–Crippen LogP) is 3.23. The molecule has 0 N–H and O–H groups in total. The second-order valence-corrected chi connectivity index (χ2v) is 5.44. The lowest BCUT2D eigenvalue weighted by atomic mass is 9.98. The number of alkyl halides is 3. The Labute approximate surface area is 92.5 Å². The van der Waals surface area contributed by atoms with Crippen LogP contribution >= 0.6 is 34.8 Å². The van der Waals surface area contributed by atoms with Gasteiger partial charge in [0.15, 0.2) is 0 Å². The molecule has 5 heteroatoms. The van der Waals surface area contributed by atoms with Gasteiger partial charge in [-0.05, 0) is 25.7 Å². The van der Waals surface area contributed by atoms with Crippen LogP contribution in [0.25, 0.3) is 0 Å². The molecule has 0 aliphatic heterocycles. The number of esters is 1. The maximum atomic E-state index is 11.1. The molecule has 0 aromatic heterocycles. The molecule has 0 saturated heterocycles. The van der Waals surface area contributed by atoms with Crippen LogP contribution in [-0.2, 0) is 9.53 Å². The van der Waals surface area contributed by atoms with E-state index >= 15 is 0 Å². The summed E-state index contributed by atoms with van der Waals surface area (Å²) in [6.45, 7) is 0. The molecule has 0 unspecified atom stereocenters. The molecule has 0 bridgehead atoms. The van der Waals surface area contributed by atoms with E-state index in [9.17, 15) is 4.79 Å².